The summed E-state index contributed by atoms with van der Waals surface area (Å²) < 4.78 is 74.8. The number of nitrogens with one attached hydrogen (secondary N) is 2. The predicted octanol–water partition coefficient (Wildman–Crippen LogP) is 1.01. The molecule has 0 saturated carbocycles. The molecule has 1 rings (SSSR count). The predicted molar refractivity (Wildman–Crippen MR) is 82.7 cm³/mol. The fourth-order valence-corrected chi connectivity index (χ4v) is 2.93. The molecular weight excluding hydrogens is 365 g/mol. The van der Waals surface area contributed by atoms with E-state index < -0.39 is 38.2 Å². The summed E-state index contributed by atoms with van der Waals surface area (Å²) >= 11 is 0. The number of methoxy groups -OCH3 is 2. The Hall–Kier alpha value is -1.69. The Bertz CT molecular complexity index is 692. The van der Waals surface area contributed by atoms with Gasteiger partial charge in [0, 0.05) is 26.7 Å². The summed E-state index contributed by atoms with van der Waals surface area (Å²) in [6.07, 6.45) is -4.91. The lowest BCUT2D eigenvalue weighted by Crippen LogP contribution is -2.33. The Labute approximate surface area is 143 Å². The van der Waals surface area contributed by atoms with Gasteiger partial charge in [0.25, 0.3) is 0 Å². The molecule has 142 valence electrons. The van der Waals surface area contributed by atoms with Crippen LogP contribution >= 0.6 is 0 Å². The molecule has 0 bridgehead atoms. The average molecular weight is 384 g/mol. The Morgan fingerprint density at radius 3 is 2.40 bits per heavy atom. The largest absolute Gasteiger partial charge is 0.465 e. The summed E-state index contributed by atoms with van der Waals surface area (Å²) in [4.78, 5) is 10.8. The van der Waals surface area contributed by atoms with Crippen LogP contribution in [0.1, 0.15) is 15.9 Å². The number of ether oxygens (including phenoxy) is 2. The molecule has 0 heterocycles. The Kier molecular flexibility index (Phi) is 7.80. The molecule has 0 spiro atoms. The molecule has 0 fully saturated rings. The van der Waals surface area contributed by atoms with Gasteiger partial charge >= 0.3 is 12.1 Å². The van der Waals surface area contributed by atoms with E-state index in [1.165, 1.54) is 7.11 Å². The number of sulfonamides is 1. The van der Waals surface area contributed by atoms with E-state index in [-0.39, 0.29) is 13.1 Å². The SMILES string of the molecule is COCCNCCNS(=O)(=O)c1ccc(C(=O)OC)c(C(F)(F)F)c1. The van der Waals surface area contributed by atoms with Gasteiger partial charge in [0.05, 0.1) is 29.7 Å². The van der Waals surface area contributed by atoms with Crippen LogP contribution in [0.2, 0.25) is 0 Å². The number of rotatable bonds is 9. The van der Waals surface area contributed by atoms with Crippen LogP contribution in [-0.2, 0) is 25.7 Å². The van der Waals surface area contributed by atoms with Crippen molar-refractivity contribution in [3.8, 4) is 0 Å². The molecule has 1 aromatic carbocycles. The second kappa shape index (κ2) is 9.13. The minimum absolute atomic E-state index is 0.0217. The molecule has 0 radical (unpaired) electrons. The van der Waals surface area contributed by atoms with Crippen molar-refractivity contribution in [1.29, 1.82) is 0 Å². The van der Waals surface area contributed by atoms with E-state index in [1.54, 1.807) is 0 Å². The third-order valence-corrected chi connectivity index (χ3v) is 4.55. The number of carbonyl (C=O) groups excluding carboxylic acids is 1. The van der Waals surface area contributed by atoms with E-state index in [0.29, 0.717) is 19.2 Å². The zero-order valence-electron chi connectivity index (χ0n) is 13.6. The van der Waals surface area contributed by atoms with Crippen molar-refractivity contribution in [2.75, 3.05) is 40.5 Å². The lowest BCUT2D eigenvalue weighted by atomic mass is 10.1. The number of esters is 1. The van der Waals surface area contributed by atoms with Crippen LogP contribution in [0.15, 0.2) is 23.1 Å². The van der Waals surface area contributed by atoms with Gasteiger partial charge in [0.1, 0.15) is 0 Å². The zero-order valence-corrected chi connectivity index (χ0v) is 14.5. The van der Waals surface area contributed by atoms with E-state index in [0.717, 1.165) is 19.2 Å². The van der Waals surface area contributed by atoms with Crippen molar-refractivity contribution in [1.82, 2.24) is 10.0 Å². The molecule has 25 heavy (non-hydrogen) atoms. The van der Waals surface area contributed by atoms with E-state index in [2.05, 4.69) is 14.8 Å². The summed E-state index contributed by atoms with van der Waals surface area (Å²) in [7, 11) is -1.71. The summed E-state index contributed by atoms with van der Waals surface area (Å²) in [6, 6.07) is 2.11. The highest BCUT2D eigenvalue weighted by Gasteiger charge is 2.37. The van der Waals surface area contributed by atoms with E-state index in [1.807, 2.05) is 0 Å². The maximum Gasteiger partial charge on any atom is 0.417 e. The van der Waals surface area contributed by atoms with Gasteiger partial charge in [-0.15, -0.1) is 0 Å². The number of hydrogen-bond acceptors (Lipinski definition) is 6. The normalized spacial score (nSPS) is 12.2. The van der Waals surface area contributed by atoms with E-state index in [9.17, 15) is 26.4 Å². The molecule has 0 aromatic heterocycles. The van der Waals surface area contributed by atoms with Gasteiger partial charge in [-0.1, -0.05) is 0 Å². The quantitative estimate of drug-likeness (QED) is 0.488. The third kappa shape index (κ3) is 6.27. The van der Waals surface area contributed by atoms with Crippen LogP contribution in [0.3, 0.4) is 0 Å². The molecule has 0 aliphatic rings. The first-order chi connectivity index (χ1) is 11.6. The van der Waals surface area contributed by atoms with E-state index in [4.69, 9.17) is 4.74 Å². The zero-order chi connectivity index (χ0) is 19.1. The standard InChI is InChI=1S/C14H19F3N2O5S/c1-23-8-7-18-5-6-19-25(21,22)10-3-4-11(13(20)24-2)12(9-10)14(15,16)17/h3-4,9,18-19H,5-8H2,1-2H3. The minimum atomic E-state index is -4.91. The first-order valence-electron chi connectivity index (χ1n) is 7.12. The van der Waals surface area contributed by atoms with Crippen LogP contribution in [0, 0.1) is 0 Å². The van der Waals surface area contributed by atoms with Crippen molar-refractivity contribution < 1.29 is 35.9 Å². The maximum absolute atomic E-state index is 13.1. The lowest BCUT2D eigenvalue weighted by molar-refractivity contribution is -0.138. The Morgan fingerprint density at radius 1 is 1.16 bits per heavy atom. The van der Waals surface area contributed by atoms with Crippen molar-refractivity contribution in [3.05, 3.63) is 29.3 Å². The fraction of sp³-hybridized carbons (Fsp3) is 0.500. The van der Waals surface area contributed by atoms with Crippen LogP contribution < -0.4 is 10.0 Å². The van der Waals surface area contributed by atoms with Crippen LogP contribution in [0.4, 0.5) is 13.2 Å². The molecule has 0 saturated heterocycles. The van der Waals surface area contributed by atoms with Gasteiger partial charge in [-0.2, -0.15) is 13.2 Å². The first kappa shape index (κ1) is 21.4. The second-order valence-corrected chi connectivity index (χ2v) is 6.60. The van der Waals surface area contributed by atoms with Crippen molar-refractivity contribution >= 4 is 16.0 Å². The van der Waals surface area contributed by atoms with Gasteiger partial charge in [0.2, 0.25) is 10.0 Å². The van der Waals surface area contributed by atoms with Gasteiger partial charge in [0.15, 0.2) is 0 Å². The van der Waals surface area contributed by atoms with Crippen LogP contribution in [0.5, 0.6) is 0 Å². The highest BCUT2D eigenvalue weighted by Crippen LogP contribution is 2.33. The maximum atomic E-state index is 13.1. The Morgan fingerprint density at radius 2 is 1.84 bits per heavy atom. The molecule has 0 atom stereocenters. The van der Waals surface area contributed by atoms with Gasteiger partial charge in [-0.05, 0) is 18.2 Å². The molecule has 0 aliphatic carbocycles. The number of alkyl halides is 3. The first-order valence-corrected chi connectivity index (χ1v) is 8.60. The highest BCUT2D eigenvalue weighted by molar-refractivity contribution is 7.89. The smallest absolute Gasteiger partial charge is 0.417 e. The minimum Gasteiger partial charge on any atom is -0.465 e. The average Bonchev–Trinajstić information content (AvgIpc) is 2.56. The summed E-state index contributed by atoms with van der Waals surface area (Å²) in [5, 5.41) is 2.88. The van der Waals surface area contributed by atoms with Crippen molar-refractivity contribution in [2.45, 2.75) is 11.1 Å². The van der Waals surface area contributed by atoms with Gasteiger partial charge in [-0.3, -0.25) is 0 Å². The summed E-state index contributed by atoms with van der Waals surface area (Å²) in [6.45, 7) is 1.20. The topological polar surface area (TPSA) is 93.7 Å². The molecule has 1 aromatic rings. The monoisotopic (exact) mass is 384 g/mol. The van der Waals surface area contributed by atoms with E-state index >= 15 is 0 Å². The summed E-state index contributed by atoms with van der Waals surface area (Å²) in [5.41, 5.74) is -2.13. The Balaban J connectivity index is 2.95. The van der Waals surface area contributed by atoms with Crippen molar-refractivity contribution in [3.63, 3.8) is 0 Å². The van der Waals surface area contributed by atoms with Gasteiger partial charge in [-0.25, -0.2) is 17.9 Å². The number of benzene rings is 1. The molecule has 0 amide bonds. The summed E-state index contributed by atoms with van der Waals surface area (Å²) in [5.74, 6) is -1.20. The van der Waals surface area contributed by atoms with Crippen LogP contribution in [0.25, 0.3) is 0 Å². The third-order valence-electron chi connectivity index (χ3n) is 3.09. The lowest BCUT2D eigenvalue weighted by Gasteiger charge is -2.14. The number of halogens is 3. The number of hydrogen-bond donors (Lipinski definition) is 2. The highest BCUT2D eigenvalue weighted by atomic mass is 32.2. The number of carbonyl (C=O) groups is 1. The van der Waals surface area contributed by atoms with Gasteiger partial charge < -0.3 is 14.8 Å². The molecule has 11 heteroatoms. The van der Waals surface area contributed by atoms with Crippen molar-refractivity contribution in [2.24, 2.45) is 0 Å². The second-order valence-electron chi connectivity index (χ2n) is 4.84. The molecule has 2 N–H and O–H groups in total. The molecule has 0 aliphatic heterocycles. The molecular formula is C14H19F3N2O5S. The molecule has 0 unspecified atom stereocenters. The fourth-order valence-electron chi connectivity index (χ4n) is 1.87. The molecule has 7 nitrogen and oxygen atoms in total. The van der Waals surface area contributed by atoms with Crippen LogP contribution in [-0.4, -0.2) is 54.8 Å².